The Morgan fingerprint density at radius 2 is 1.83 bits per heavy atom. The van der Waals surface area contributed by atoms with E-state index in [9.17, 15) is 0 Å². The summed E-state index contributed by atoms with van der Waals surface area (Å²) in [6.07, 6.45) is 1.17. The second-order valence-corrected chi connectivity index (χ2v) is 5.09. The molecule has 1 aromatic rings. The van der Waals surface area contributed by atoms with Gasteiger partial charge in [-0.15, -0.1) is 0 Å². The lowest BCUT2D eigenvalue weighted by atomic mass is 10.0. The zero-order chi connectivity index (χ0) is 13.5. The third kappa shape index (κ3) is 4.57. The molecule has 0 fully saturated rings. The summed E-state index contributed by atoms with van der Waals surface area (Å²) in [5.74, 6) is 2.48. The van der Waals surface area contributed by atoms with Crippen LogP contribution in [0.15, 0.2) is 18.2 Å². The van der Waals surface area contributed by atoms with Crippen LogP contribution in [0, 0.1) is 5.92 Å². The predicted molar refractivity (Wildman–Crippen MR) is 75.3 cm³/mol. The van der Waals surface area contributed by atoms with Crippen molar-refractivity contribution in [3.8, 4) is 11.5 Å². The molecule has 0 spiro atoms. The fourth-order valence-corrected chi connectivity index (χ4v) is 2.09. The molecule has 0 heterocycles. The number of hydrogen-bond acceptors (Lipinski definition) is 3. The van der Waals surface area contributed by atoms with Gasteiger partial charge in [0.1, 0.15) is 11.5 Å². The van der Waals surface area contributed by atoms with Gasteiger partial charge in [0.2, 0.25) is 0 Å². The highest BCUT2D eigenvalue weighted by atomic mass is 16.5. The molecule has 0 saturated heterocycles. The lowest BCUT2D eigenvalue weighted by Crippen LogP contribution is -2.27. The van der Waals surface area contributed by atoms with Crippen LogP contribution in [0.25, 0.3) is 0 Å². The number of ether oxygens (including phenoxy) is 2. The maximum Gasteiger partial charge on any atom is 0.123 e. The molecule has 18 heavy (non-hydrogen) atoms. The number of hydrogen-bond donors (Lipinski definition) is 1. The number of nitrogens with one attached hydrogen (secondary N) is 1. The summed E-state index contributed by atoms with van der Waals surface area (Å²) in [6, 6.07) is 6.39. The standard InChI is InChI=1S/C15H25NO2/c1-11(2)8-12(3)16-10-13-9-14(17-4)6-7-15(13)18-5/h6-7,9,11-12,16H,8,10H2,1-5H3. The summed E-state index contributed by atoms with van der Waals surface area (Å²) in [6.45, 7) is 7.50. The third-order valence-corrected chi connectivity index (χ3v) is 2.95. The van der Waals surface area contributed by atoms with Crippen LogP contribution in [0.1, 0.15) is 32.8 Å². The van der Waals surface area contributed by atoms with Crippen LogP contribution in [-0.2, 0) is 6.54 Å². The number of methoxy groups -OCH3 is 2. The first kappa shape index (κ1) is 14.8. The summed E-state index contributed by atoms with van der Waals surface area (Å²) in [4.78, 5) is 0. The van der Waals surface area contributed by atoms with E-state index in [0.29, 0.717) is 12.0 Å². The largest absolute Gasteiger partial charge is 0.497 e. The Balaban J connectivity index is 2.64. The molecule has 0 aromatic heterocycles. The normalized spacial score (nSPS) is 12.6. The van der Waals surface area contributed by atoms with E-state index in [0.717, 1.165) is 23.6 Å². The van der Waals surface area contributed by atoms with Gasteiger partial charge < -0.3 is 14.8 Å². The van der Waals surface area contributed by atoms with Crippen molar-refractivity contribution in [1.29, 1.82) is 0 Å². The molecular weight excluding hydrogens is 226 g/mol. The zero-order valence-electron chi connectivity index (χ0n) is 12.1. The van der Waals surface area contributed by atoms with E-state index >= 15 is 0 Å². The van der Waals surface area contributed by atoms with Gasteiger partial charge in [0, 0.05) is 18.2 Å². The van der Waals surface area contributed by atoms with Crippen LogP contribution in [0.2, 0.25) is 0 Å². The van der Waals surface area contributed by atoms with E-state index in [4.69, 9.17) is 9.47 Å². The molecule has 0 aliphatic carbocycles. The molecule has 0 bridgehead atoms. The Bertz CT molecular complexity index is 364. The van der Waals surface area contributed by atoms with Crippen molar-refractivity contribution in [3.63, 3.8) is 0 Å². The van der Waals surface area contributed by atoms with Gasteiger partial charge >= 0.3 is 0 Å². The van der Waals surface area contributed by atoms with Crippen molar-refractivity contribution < 1.29 is 9.47 Å². The van der Waals surface area contributed by atoms with Gasteiger partial charge in [-0.3, -0.25) is 0 Å². The van der Waals surface area contributed by atoms with Crippen LogP contribution in [0.5, 0.6) is 11.5 Å². The molecule has 102 valence electrons. The van der Waals surface area contributed by atoms with E-state index in [1.54, 1.807) is 14.2 Å². The molecule has 0 aliphatic rings. The number of benzene rings is 1. The van der Waals surface area contributed by atoms with Crippen molar-refractivity contribution in [2.75, 3.05) is 14.2 Å². The molecule has 1 unspecified atom stereocenters. The SMILES string of the molecule is COc1ccc(OC)c(CNC(C)CC(C)C)c1. The minimum absolute atomic E-state index is 0.501. The van der Waals surface area contributed by atoms with Gasteiger partial charge in [-0.05, 0) is 37.5 Å². The van der Waals surface area contributed by atoms with Crippen molar-refractivity contribution in [1.82, 2.24) is 5.32 Å². The lowest BCUT2D eigenvalue weighted by molar-refractivity contribution is 0.391. The first-order valence-electron chi connectivity index (χ1n) is 6.51. The van der Waals surface area contributed by atoms with Crippen LogP contribution >= 0.6 is 0 Å². The topological polar surface area (TPSA) is 30.5 Å². The summed E-state index contributed by atoms with van der Waals surface area (Å²) in [7, 11) is 3.38. The average molecular weight is 251 g/mol. The van der Waals surface area contributed by atoms with Gasteiger partial charge in [-0.25, -0.2) is 0 Å². The van der Waals surface area contributed by atoms with Crippen molar-refractivity contribution >= 4 is 0 Å². The van der Waals surface area contributed by atoms with Gasteiger partial charge in [0.15, 0.2) is 0 Å². The highest BCUT2D eigenvalue weighted by molar-refractivity contribution is 5.40. The monoisotopic (exact) mass is 251 g/mol. The lowest BCUT2D eigenvalue weighted by Gasteiger charge is -2.17. The molecule has 1 rings (SSSR count). The minimum atomic E-state index is 0.501. The summed E-state index contributed by atoms with van der Waals surface area (Å²) < 4.78 is 10.6. The Morgan fingerprint density at radius 3 is 2.39 bits per heavy atom. The molecule has 0 amide bonds. The molecular formula is C15H25NO2. The molecule has 0 radical (unpaired) electrons. The smallest absolute Gasteiger partial charge is 0.123 e. The Kier molecular flexibility index (Phi) is 5.99. The zero-order valence-corrected chi connectivity index (χ0v) is 12.1. The van der Waals surface area contributed by atoms with E-state index in [-0.39, 0.29) is 0 Å². The Labute approximate surface area is 110 Å². The van der Waals surface area contributed by atoms with Crippen molar-refractivity contribution in [2.45, 2.75) is 39.8 Å². The first-order chi connectivity index (χ1) is 8.56. The predicted octanol–water partition coefficient (Wildman–Crippen LogP) is 3.23. The fourth-order valence-electron chi connectivity index (χ4n) is 2.09. The second-order valence-electron chi connectivity index (χ2n) is 5.09. The van der Waals surface area contributed by atoms with E-state index in [1.165, 1.54) is 6.42 Å². The maximum absolute atomic E-state index is 5.36. The Morgan fingerprint density at radius 1 is 1.11 bits per heavy atom. The molecule has 1 aromatic carbocycles. The number of rotatable bonds is 7. The third-order valence-electron chi connectivity index (χ3n) is 2.95. The fraction of sp³-hybridized carbons (Fsp3) is 0.600. The maximum atomic E-state index is 5.36. The van der Waals surface area contributed by atoms with Crippen LogP contribution in [-0.4, -0.2) is 20.3 Å². The molecule has 3 heteroatoms. The highest BCUT2D eigenvalue weighted by Gasteiger charge is 2.08. The van der Waals surface area contributed by atoms with Crippen LogP contribution < -0.4 is 14.8 Å². The average Bonchev–Trinajstić information content (AvgIpc) is 2.35. The van der Waals surface area contributed by atoms with Gasteiger partial charge in [0.05, 0.1) is 14.2 Å². The van der Waals surface area contributed by atoms with E-state index < -0.39 is 0 Å². The first-order valence-corrected chi connectivity index (χ1v) is 6.51. The van der Waals surface area contributed by atoms with E-state index in [2.05, 4.69) is 26.1 Å². The second kappa shape index (κ2) is 7.27. The molecule has 0 aliphatic heterocycles. The van der Waals surface area contributed by atoms with Crippen molar-refractivity contribution in [2.24, 2.45) is 5.92 Å². The summed E-state index contributed by atoms with van der Waals surface area (Å²) >= 11 is 0. The van der Waals surface area contributed by atoms with Crippen LogP contribution in [0.3, 0.4) is 0 Å². The van der Waals surface area contributed by atoms with Gasteiger partial charge in [0.25, 0.3) is 0 Å². The molecule has 3 nitrogen and oxygen atoms in total. The van der Waals surface area contributed by atoms with Gasteiger partial charge in [-0.1, -0.05) is 13.8 Å². The minimum Gasteiger partial charge on any atom is -0.497 e. The summed E-state index contributed by atoms with van der Waals surface area (Å²) in [5, 5.41) is 3.52. The quantitative estimate of drug-likeness (QED) is 0.807. The van der Waals surface area contributed by atoms with Crippen LogP contribution in [0.4, 0.5) is 0 Å². The highest BCUT2D eigenvalue weighted by Crippen LogP contribution is 2.24. The van der Waals surface area contributed by atoms with E-state index in [1.807, 2.05) is 18.2 Å². The molecule has 0 saturated carbocycles. The van der Waals surface area contributed by atoms with Crippen molar-refractivity contribution in [3.05, 3.63) is 23.8 Å². The Hall–Kier alpha value is -1.22. The van der Waals surface area contributed by atoms with Gasteiger partial charge in [-0.2, -0.15) is 0 Å². The molecule has 1 N–H and O–H groups in total. The summed E-state index contributed by atoms with van der Waals surface area (Å²) in [5.41, 5.74) is 1.13. The molecule has 1 atom stereocenters.